The van der Waals surface area contributed by atoms with E-state index < -0.39 is 10.0 Å². The highest BCUT2D eigenvalue weighted by atomic mass is 32.2. The van der Waals surface area contributed by atoms with E-state index >= 15 is 0 Å². The Labute approximate surface area is 125 Å². The zero-order valence-corrected chi connectivity index (χ0v) is 12.8. The van der Waals surface area contributed by atoms with E-state index in [9.17, 15) is 8.42 Å². The van der Waals surface area contributed by atoms with Crippen molar-refractivity contribution >= 4 is 15.7 Å². The fourth-order valence-electron chi connectivity index (χ4n) is 2.33. The molecule has 1 aliphatic heterocycles. The molecule has 1 aromatic carbocycles. The van der Waals surface area contributed by atoms with Crippen LogP contribution in [0, 0.1) is 5.92 Å². The quantitative estimate of drug-likeness (QED) is 0.753. The van der Waals surface area contributed by atoms with Crippen LogP contribution in [0.15, 0.2) is 24.3 Å². The molecule has 0 bridgehead atoms. The van der Waals surface area contributed by atoms with E-state index in [1.54, 1.807) is 24.3 Å². The SMILES string of the molecule is Nc1ccc(OCCS(=O)(=O)N2CCC(CO)CC2)cc1. The van der Waals surface area contributed by atoms with Gasteiger partial charge in [-0.3, -0.25) is 0 Å². The van der Waals surface area contributed by atoms with Crippen LogP contribution in [0.3, 0.4) is 0 Å². The number of nitrogens with zero attached hydrogens (tertiary/aromatic N) is 1. The topological polar surface area (TPSA) is 92.9 Å². The number of benzene rings is 1. The van der Waals surface area contributed by atoms with E-state index in [2.05, 4.69) is 0 Å². The minimum Gasteiger partial charge on any atom is -0.492 e. The summed E-state index contributed by atoms with van der Waals surface area (Å²) in [6, 6.07) is 6.86. The number of rotatable bonds is 6. The summed E-state index contributed by atoms with van der Waals surface area (Å²) < 4.78 is 31.3. The van der Waals surface area contributed by atoms with Gasteiger partial charge >= 0.3 is 0 Å². The number of sulfonamides is 1. The van der Waals surface area contributed by atoms with Crippen LogP contribution >= 0.6 is 0 Å². The van der Waals surface area contributed by atoms with E-state index in [1.807, 2.05) is 0 Å². The molecule has 0 saturated carbocycles. The number of hydrogen-bond acceptors (Lipinski definition) is 5. The second-order valence-electron chi connectivity index (χ2n) is 5.26. The molecule has 1 aromatic rings. The van der Waals surface area contributed by atoms with E-state index in [0.717, 1.165) is 0 Å². The fourth-order valence-corrected chi connectivity index (χ4v) is 3.65. The van der Waals surface area contributed by atoms with Crippen LogP contribution in [0.25, 0.3) is 0 Å². The molecule has 21 heavy (non-hydrogen) atoms. The zero-order chi connectivity index (χ0) is 15.3. The summed E-state index contributed by atoms with van der Waals surface area (Å²) in [7, 11) is -3.29. The van der Waals surface area contributed by atoms with Gasteiger partial charge in [0.1, 0.15) is 12.4 Å². The summed E-state index contributed by atoms with van der Waals surface area (Å²) in [6.45, 7) is 1.21. The monoisotopic (exact) mass is 314 g/mol. The third kappa shape index (κ3) is 4.59. The van der Waals surface area contributed by atoms with Crippen LogP contribution in [-0.2, 0) is 10.0 Å². The maximum atomic E-state index is 12.2. The third-order valence-corrected chi connectivity index (χ3v) is 5.55. The minimum absolute atomic E-state index is 0.0405. The zero-order valence-electron chi connectivity index (χ0n) is 11.9. The number of nitrogen functional groups attached to an aromatic ring is 1. The van der Waals surface area contributed by atoms with Crippen molar-refractivity contribution < 1.29 is 18.3 Å². The number of aliphatic hydroxyl groups is 1. The molecular formula is C14H22N2O4S. The van der Waals surface area contributed by atoms with Gasteiger partial charge in [-0.15, -0.1) is 0 Å². The molecule has 1 fully saturated rings. The highest BCUT2D eigenvalue weighted by Crippen LogP contribution is 2.19. The Morgan fingerprint density at radius 1 is 1.24 bits per heavy atom. The van der Waals surface area contributed by atoms with Crippen LogP contribution in [0.5, 0.6) is 5.75 Å². The van der Waals surface area contributed by atoms with E-state index in [0.29, 0.717) is 37.4 Å². The predicted octanol–water partition coefficient (Wildman–Crippen LogP) is 0.682. The number of piperidine rings is 1. The van der Waals surface area contributed by atoms with Gasteiger partial charge in [0.2, 0.25) is 10.0 Å². The number of anilines is 1. The lowest BCUT2D eigenvalue weighted by molar-refractivity contribution is 0.170. The van der Waals surface area contributed by atoms with E-state index in [1.165, 1.54) is 4.31 Å². The molecule has 0 spiro atoms. The van der Waals surface area contributed by atoms with Gasteiger partial charge in [0.25, 0.3) is 0 Å². The summed E-state index contributed by atoms with van der Waals surface area (Å²) in [4.78, 5) is 0. The van der Waals surface area contributed by atoms with Gasteiger partial charge in [-0.1, -0.05) is 0 Å². The highest BCUT2D eigenvalue weighted by molar-refractivity contribution is 7.89. The number of ether oxygens (including phenoxy) is 1. The molecule has 0 aliphatic carbocycles. The summed E-state index contributed by atoms with van der Waals surface area (Å²) in [5.41, 5.74) is 6.21. The molecule has 7 heteroatoms. The average Bonchev–Trinajstić information content (AvgIpc) is 2.49. The lowest BCUT2D eigenvalue weighted by Crippen LogP contribution is -2.41. The van der Waals surface area contributed by atoms with Crippen LogP contribution in [0.1, 0.15) is 12.8 Å². The Morgan fingerprint density at radius 3 is 2.43 bits per heavy atom. The molecule has 0 unspecified atom stereocenters. The first-order valence-electron chi connectivity index (χ1n) is 7.08. The van der Waals surface area contributed by atoms with Gasteiger partial charge in [0.15, 0.2) is 0 Å². The van der Waals surface area contributed by atoms with Gasteiger partial charge in [0.05, 0.1) is 5.75 Å². The first kappa shape index (κ1) is 16.1. The molecule has 118 valence electrons. The second-order valence-corrected chi connectivity index (χ2v) is 7.35. The van der Waals surface area contributed by atoms with Crippen LogP contribution in [0.4, 0.5) is 5.69 Å². The summed E-state index contributed by atoms with van der Waals surface area (Å²) in [5, 5.41) is 9.07. The summed E-state index contributed by atoms with van der Waals surface area (Å²) in [6.07, 6.45) is 1.43. The van der Waals surface area contributed by atoms with Gasteiger partial charge in [-0.25, -0.2) is 12.7 Å². The van der Waals surface area contributed by atoms with Crippen molar-refractivity contribution in [3.8, 4) is 5.75 Å². The molecule has 3 N–H and O–H groups in total. The second kappa shape index (κ2) is 7.11. The van der Waals surface area contributed by atoms with Crippen molar-refractivity contribution in [2.24, 2.45) is 5.92 Å². The first-order chi connectivity index (χ1) is 10.0. The lowest BCUT2D eigenvalue weighted by atomic mass is 10.00. The molecule has 0 aromatic heterocycles. The Kier molecular flexibility index (Phi) is 5.44. The average molecular weight is 314 g/mol. The van der Waals surface area contributed by atoms with Crippen LogP contribution in [0.2, 0.25) is 0 Å². The first-order valence-corrected chi connectivity index (χ1v) is 8.69. The molecule has 1 heterocycles. The Morgan fingerprint density at radius 2 is 1.86 bits per heavy atom. The number of aliphatic hydroxyl groups excluding tert-OH is 1. The van der Waals surface area contributed by atoms with E-state index in [-0.39, 0.29) is 24.9 Å². The molecule has 1 saturated heterocycles. The Balaban J connectivity index is 1.80. The largest absolute Gasteiger partial charge is 0.492 e. The number of hydrogen-bond donors (Lipinski definition) is 2. The van der Waals surface area contributed by atoms with Crippen molar-refractivity contribution in [3.63, 3.8) is 0 Å². The van der Waals surface area contributed by atoms with Crippen molar-refractivity contribution in [2.75, 3.05) is 37.8 Å². The smallest absolute Gasteiger partial charge is 0.217 e. The standard InChI is InChI=1S/C14H22N2O4S/c15-13-1-3-14(4-2-13)20-9-10-21(18,19)16-7-5-12(11-17)6-8-16/h1-4,12,17H,5-11,15H2. The molecule has 0 amide bonds. The van der Waals surface area contributed by atoms with Crippen molar-refractivity contribution in [3.05, 3.63) is 24.3 Å². The van der Waals surface area contributed by atoms with Crippen LogP contribution < -0.4 is 10.5 Å². The van der Waals surface area contributed by atoms with Crippen molar-refractivity contribution in [1.29, 1.82) is 0 Å². The van der Waals surface area contributed by atoms with E-state index in [4.69, 9.17) is 15.6 Å². The van der Waals surface area contributed by atoms with Crippen molar-refractivity contribution in [1.82, 2.24) is 4.31 Å². The van der Waals surface area contributed by atoms with Crippen molar-refractivity contribution in [2.45, 2.75) is 12.8 Å². The molecule has 6 nitrogen and oxygen atoms in total. The normalized spacial score (nSPS) is 17.8. The molecule has 1 aliphatic rings. The Bertz CT molecular complexity index is 537. The molecule has 0 radical (unpaired) electrons. The molecule has 2 rings (SSSR count). The van der Waals surface area contributed by atoms with Crippen LogP contribution in [-0.4, -0.2) is 49.9 Å². The summed E-state index contributed by atoms with van der Waals surface area (Å²) in [5.74, 6) is 0.794. The lowest BCUT2D eigenvalue weighted by Gasteiger charge is -2.30. The fraction of sp³-hybridized carbons (Fsp3) is 0.571. The molecule has 0 atom stereocenters. The van der Waals surface area contributed by atoms with Gasteiger partial charge < -0.3 is 15.6 Å². The Hall–Kier alpha value is -1.31. The highest BCUT2D eigenvalue weighted by Gasteiger charge is 2.27. The molecular weight excluding hydrogens is 292 g/mol. The maximum absolute atomic E-state index is 12.2. The maximum Gasteiger partial charge on any atom is 0.217 e. The minimum atomic E-state index is -3.29. The number of nitrogens with two attached hydrogens (primary N) is 1. The summed E-state index contributed by atoms with van der Waals surface area (Å²) >= 11 is 0. The van der Waals surface area contributed by atoms with Gasteiger partial charge in [-0.2, -0.15) is 0 Å². The third-order valence-electron chi connectivity index (χ3n) is 3.72. The van der Waals surface area contributed by atoms with Gasteiger partial charge in [-0.05, 0) is 43.0 Å². The van der Waals surface area contributed by atoms with Gasteiger partial charge in [0, 0.05) is 25.4 Å². The predicted molar refractivity (Wildman–Crippen MR) is 81.5 cm³/mol.